The van der Waals surface area contributed by atoms with Crippen molar-refractivity contribution in [1.82, 2.24) is 14.7 Å². The van der Waals surface area contributed by atoms with Crippen LogP contribution in [0.25, 0.3) is 0 Å². The lowest BCUT2D eigenvalue weighted by molar-refractivity contribution is -0.154. The molecular weight excluding hydrogens is 326 g/mol. The Morgan fingerprint density at radius 3 is 2.32 bits per heavy atom. The third kappa shape index (κ3) is 3.48. The van der Waals surface area contributed by atoms with E-state index in [0.717, 1.165) is 19.3 Å². The molecule has 0 saturated carbocycles. The standard InChI is InChI=1S/C17H25N3O5/c1-25-17(24)13-6-3-10-20(13)16(23)12-5-2-9-19(12)15(22)11-18-8-4-7-14(18)21/h12-13H,2-11H2,1H3/t12-,13-/m0/s1. The highest BCUT2D eigenvalue weighted by atomic mass is 16.5. The summed E-state index contributed by atoms with van der Waals surface area (Å²) in [5, 5.41) is 0. The summed E-state index contributed by atoms with van der Waals surface area (Å²) in [6, 6.07) is -1.08. The fourth-order valence-electron chi connectivity index (χ4n) is 4.05. The average molecular weight is 351 g/mol. The first-order chi connectivity index (χ1) is 12.0. The number of carbonyl (C=O) groups is 4. The number of hydrogen-bond donors (Lipinski definition) is 0. The van der Waals surface area contributed by atoms with Gasteiger partial charge in [0, 0.05) is 26.1 Å². The quantitative estimate of drug-likeness (QED) is 0.653. The highest BCUT2D eigenvalue weighted by Crippen LogP contribution is 2.26. The molecular formula is C17H25N3O5. The summed E-state index contributed by atoms with van der Waals surface area (Å²) in [6.07, 6.45) is 3.98. The number of amides is 3. The molecule has 3 aliphatic heterocycles. The molecule has 0 aromatic rings. The van der Waals surface area contributed by atoms with Crippen molar-refractivity contribution in [2.75, 3.05) is 33.3 Å². The summed E-state index contributed by atoms with van der Waals surface area (Å²) in [4.78, 5) is 53.9. The van der Waals surface area contributed by atoms with Gasteiger partial charge in [0.1, 0.15) is 12.1 Å². The molecule has 25 heavy (non-hydrogen) atoms. The Balaban J connectivity index is 1.66. The molecule has 0 unspecified atom stereocenters. The van der Waals surface area contributed by atoms with Crippen LogP contribution in [-0.4, -0.2) is 83.8 Å². The third-order valence-corrected chi connectivity index (χ3v) is 5.36. The highest BCUT2D eigenvalue weighted by Gasteiger charge is 2.42. The van der Waals surface area contributed by atoms with E-state index in [1.807, 2.05) is 0 Å². The maximum atomic E-state index is 12.9. The van der Waals surface area contributed by atoms with Crippen LogP contribution in [0.15, 0.2) is 0 Å². The molecule has 0 aliphatic carbocycles. The normalized spacial score (nSPS) is 26.4. The summed E-state index contributed by atoms with van der Waals surface area (Å²) in [7, 11) is 1.32. The smallest absolute Gasteiger partial charge is 0.328 e. The van der Waals surface area contributed by atoms with Gasteiger partial charge in [-0.3, -0.25) is 14.4 Å². The number of methoxy groups -OCH3 is 1. The Bertz CT molecular complexity index is 579. The number of carbonyl (C=O) groups excluding carboxylic acids is 4. The van der Waals surface area contributed by atoms with E-state index in [0.29, 0.717) is 38.9 Å². The van der Waals surface area contributed by atoms with E-state index in [-0.39, 0.29) is 24.3 Å². The Labute approximate surface area is 147 Å². The van der Waals surface area contributed by atoms with Gasteiger partial charge in [-0.1, -0.05) is 0 Å². The summed E-state index contributed by atoms with van der Waals surface area (Å²) in [6.45, 7) is 1.69. The number of hydrogen-bond acceptors (Lipinski definition) is 5. The van der Waals surface area contributed by atoms with Crippen LogP contribution in [0.2, 0.25) is 0 Å². The van der Waals surface area contributed by atoms with Crippen LogP contribution in [-0.2, 0) is 23.9 Å². The zero-order valence-electron chi connectivity index (χ0n) is 14.6. The fourth-order valence-corrected chi connectivity index (χ4v) is 4.05. The zero-order valence-corrected chi connectivity index (χ0v) is 14.6. The fraction of sp³-hybridized carbons (Fsp3) is 0.765. The van der Waals surface area contributed by atoms with Gasteiger partial charge in [0.2, 0.25) is 17.7 Å². The summed E-state index contributed by atoms with van der Waals surface area (Å²) in [5.41, 5.74) is 0. The summed E-state index contributed by atoms with van der Waals surface area (Å²) in [5.74, 6) is -0.753. The van der Waals surface area contributed by atoms with E-state index in [9.17, 15) is 19.2 Å². The molecule has 0 bridgehead atoms. The second kappa shape index (κ2) is 7.41. The first kappa shape index (κ1) is 17.7. The second-order valence-electron chi connectivity index (χ2n) is 6.88. The van der Waals surface area contributed by atoms with E-state index in [4.69, 9.17) is 4.74 Å². The van der Waals surface area contributed by atoms with Gasteiger partial charge in [-0.25, -0.2) is 4.79 Å². The molecule has 0 radical (unpaired) electrons. The molecule has 3 fully saturated rings. The van der Waals surface area contributed by atoms with Gasteiger partial charge in [-0.2, -0.15) is 0 Å². The minimum atomic E-state index is -0.546. The molecule has 8 heteroatoms. The van der Waals surface area contributed by atoms with Gasteiger partial charge in [0.25, 0.3) is 0 Å². The van der Waals surface area contributed by atoms with Crippen LogP contribution in [0, 0.1) is 0 Å². The molecule has 3 heterocycles. The maximum Gasteiger partial charge on any atom is 0.328 e. The van der Waals surface area contributed by atoms with Gasteiger partial charge >= 0.3 is 5.97 Å². The summed E-state index contributed by atoms with van der Waals surface area (Å²) < 4.78 is 4.79. The van der Waals surface area contributed by atoms with E-state index in [1.54, 1.807) is 14.7 Å². The molecule has 0 N–H and O–H groups in total. The minimum absolute atomic E-state index is 0.000668. The van der Waals surface area contributed by atoms with Gasteiger partial charge in [-0.05, 0) is 32.1 Å². The second-order valence-corrected chi connectivity index (χ2v) is 6.88. The Hall–Kier alpha value is -2.12. The summed E-state index contributed by atoms with van der Waals surface area (Å²) >= 11 is 0. The number of nitrogens with zero attached hydrogens (tertiary/aromatic N) is 3. The van der Waals surface area contributed by atoms with Gasteiger partial charge < -0.3 is 19.4 Å². The molecule has 138 valence electrons. The zero-order chi connectivity index (χ0) is 18.0. The van der Waals surface area contributed by atoms with Crippen molar-refractivity contribution in [2.45, 2.75) is 50.6 Å². The molecule has 0 spiro atoms. The number of ether oxygens (including phenoxy) is 1. The lowest BCUT2D eigenvalue weighted by Gasteiger charge is -2.31. The van der Waals surface area contributed by atoms with Crippen molar-refractivity contribution in [2.24, 2.45) is 0 Å². The van der Waals surface area contributed by atoms with Crippen LogP contribution in [0.1, 0.15) is 38.5 Å². The molecule has 3 saturated heterocycles. The van der Waals surface area contributed by atoms with E-state index in [2.05, 4.69) is 0 Å². The first-order valence-corrected chi connectivity index (χ1v) is 8.98. The van der Waals surface area contributed by atoms with Crippen LogP contribution < -0.4 is 0 Å². The molecule has 3 rings (SSSR count). The Morgan fingerprint density at radius 1 is 1.00 bits per heavy atom. The van der Waals surface area contributed by atoms with Crippen molar-refractivity contribution in [3.8, 4) is 0 Å². The van der Waals surface area contributed by atoms with Gasteiger partial charge in [0.05, 0.1) is 13.7 Å². The monoisotopic (exact) mass is 351 g/mol. The molecule has 3 aliphatic rings. The van der Waals surface area contributed by atoms with Crippen LogP contribution in [0.4, 0.5) is 0 Å². The van der Waals surface area contributed by atoms with E-state index < -0.39 is 18.1 Å². The number of rotatable bonds is 4. The lowest BCUT2D eigenvalue weighted by atomic mass is 10.1. The van der Waals surface area contributed by atoms with E-state index >= 15 is 0 Å². The maximum absolute atomic E-state index is 12.9. The van der Waals surface area contributed by atoms with Gasteiger partial charge in [-0.15, -0.1) is 0 Å². The SMILES string of the molecule is COC(=O)[C@@H]1CCCN1C(=O)[C@@H]1CCCN1C(=O)CN1CCCC1=O. The molecule has 0 aromatic heterocycles. The molecule has 8 nitrogen and oxygen atoms in total. The molecule has 2 atom stereocenters. The third-order valence-electron chi connectivity index (χ3n) is 5.36. The number of likely N-dealkylation sites (tertiary alicyclic amines) is 3. The predicted molar refractivity (Wildman–Crippen MR) is 87.3 cm³/mol. The average Bonchev–Trinajstić information content (AvgIpc) is 3.34. The van der Waals surface area contributed by atoms with Crippen LogP contribution in [0.3, 0.4) is 0 Å². The lowest BCUT2D eigenvalue weighted by Crippen LogP contribution is -2.52. The first-order valence-electron chi connectivity index (χ1n) is 8.98. The molecule has 0 aromatic carbocycles. The van der Waals surface area contributed by atoms with Crippen molar-refractivity contribution in [1.29, 1.82) is 0 Å². The molecule has 3 amide bonds. The van der Waals surface area contributed by atoms with Crippen molar-refractivity contribution < 1.29 is 23.9 Å². The van der Waals surface area contributed by atoms with Crippen molar-refractivity contribution in [3.63, 3.8) is 0 Å². The highest BCUT2D eigenvalue weighted by molar-refractivity contribution is 5.93. The Morgan fingerprint density at radius 2 is 1.68 bits per heavy atom. The number of esters is 1. The van der Waals surface area contributed by atoms with Crippen LogP contribution >= 0.6 is 0 Å². The van der Waals surface area contributed by atoms with Crippen molar-refractivity contribution >= 4 is 23.7 Å². The largest absolute Gasteiger partial charge is 0.467 e. The predicted octanol–water partition coefficient (Wildman–Crippen LogP) is -0.236. The topological polar surface area (TPSA) is 87.2 Å². The van der Waals surface area contributed by atoms with Crippen molar-refractivity contribution in [3.05, 3.63) is 0 Å². The van der Waals surface area contributed by atoms with Gasteiger partial charge in [0.15, 0.2) is 0 Å². The Kier molecular flexibility index (Phi) is 5.24. The van der Waals surface area contributed by atoms with E-state index in [1.165, 1.54) is 7.11 Å². The minimum Gasteiger partial charge on any atom is -0.467 e. The van der Waals surface area contributed by atoms with Crippen LogP contribution in [0.5, 0.6) is 0 Å².